The molecule has 0 saturated heterocycles. The van der Waals surface area contributed by atoms with Crippen molar-refractivity contribution in [3.8, 4) is 5.75 Å². The topological polar surface area (TPSA) is 68.2 Å². The van der Waals surface area contributed by atoms with Crippen molar-refractivity contribution in [1.29, 1.82) is 0 Å². The van der Waals surface area contributed by atoms with E-state index in [1.807, 2.05) is 24.3 Å². The van der Waals surface area contributed by atoms with Crippen molar-refractivity contribution in [1.82, 2.24) is 0 Å². The summed E-state index contributed by atoms with van der Waals surface area (Å²) in [7, 11) is -0.297. The Labute approximate surface area is 159 Å². The van der Waals surface area contributed by atoms with Crippen molar-refractivity contribution >= 4 is 8.32 Å². The number of aliphatic hydroxyl groups excluding tert-OH is 2. The van der Waals surface area contributed by atoms with Gasteiger partial charge in [-0.3, -0.25) is 0 Å². The third-order valence-electron chi connectivity index (χ3n) is 5.03. The summed E-state index contributed by atoms with van der Waals surface area (Å²) in [5, 5.41) is 19.1. The van der Waals surface area contributed by atoms with E-state index in [9.17, 15) is 5.11 Å². The zero-order valence-electron chi connectivity index (χ0n) is 17.1. The van der Waals surface area contributed by atoms with Gasteiger partial charge in [0.05, 0.1) is 26.4 Å². The largest absolute Gasteiger partial charge is 0.497 e. The maximum Gasteiger partial charge on any atom is 0.192 e. The minimum absolute atomic E-state index is 0.0966. The Bertz CT molecular complexity index is 510. The third kappa shape index (κ3) is 7.76. The van der Waals surface area contributed by atoms with Gasteiger partial charge in [0.2, 0.25) is 0 Å². The number of hydrogen-bond acceptors (Lipinski definition) is 5. The molecule has 1 rings (SSSR count). The molecule has 0 heterocycles. The van der Waals surface area contributed by atoms with Crippen molar-refractivity contribution < 1.29 is 24.1 Å². The highest BCUT2D eigenvalue weighted by Gasteiger charge is 2.39. The van der Waals surface area contributed by atoms with E-state index in [-0.39, 0.29) is 17.7 Å². The summed E-state index contributed by atoms with van der Waals surface area (Å²) in [6.45, 7) is 11.8. The number of aliphatic hydroxyl groups is 2. The molecule has 0 saturated carbocycles. The van der Waals surface area contributed by atoms with Crippen LogP contribution in [0.15, 0.2) is 24.3 Å². The summed E-state index contributed by atoms with van der Waals surface area (Å²) in [5.74, 6) is 0.828. The molecule has 0 aromatic heterocycles. The van der Waals surface area contributed by atoms with Gasteiger partial charge in [0.25, 0.3) is 0 Å². The van der Waals surface area contributed by atoms with E-state index < -0.39 is 14.4 Å². The molecule has 0 unspecified atom stereocenters. The first kappa shape index (κ1) is 23.1. The Balaban J connectivity index is 2.54. The molecule has 0 spiro atoms. The lowest BCUT2D eigenvalue weighted by Crippen LogP contribution is -2.45. The normalized spacial score (nSPS) is 14.9. The second-order valence-electron chi connectivity index (χ2n) is 8.26. The number of ether oxygens (including phenoxy) is 2. The third-order valence-corrected chi connectivity index (χ3v) is 9.56. The second kappa shape index (κ2) is 10.4. The van der Waals surface area contributed by atoms with Crippen LogP contribution in [0, 0.1) is 0 Å². The fraction of sp³-hybridized carbons (Fsp3) is 0.700. The molecule has 2 N–H and O–H groups in total. The van der Waals surface area contributed by atoms with Gasteiger partial charge in [-0.05, 0) is 42.2 Å². The highest BCUT2D eigenvalue weighted by molar-refractivity contribution is 6.74. The Morgan fingerprint density at radius 2 is 1.73 bits per heavy atom. The number of rotatable bonds is 11. The van der Waals surface area contributed by atoms with Crippen molar-refractivity contribution in [2.24, 2.45) is 0 Å². The van der Waals surface area contributed by atoms with Crippen molar-refractivity contribution in [3.05, 3.63) is 29.8 Å². The number of hydrogen-bond donors (Lipinski definition) is 2. The molecule has 0 amide bonds. The summed E-state index contributed by atoms with van der Waals surface area (Å²) < 4.78 is 17.4. The van der Waals surface area contributed by atoms with Crippen LogP contribution >= 0.6 is 0 Å². The van der Waals surface area contributed by atoms with Crippen LogP contribution in [0.5, 0.6) is 5.75 Å². The summed E-state index contributed by atoms with van der Waals surface area (Å²) in [5.41, 5.74) is 1.09. The summed E-state index contributed by atoms with van der Waals surface area (Å²) in [6, 6.07) is 7.80. The molecule has 26 heavy (non-hydrogen) atoms. The van der Waals surface area contributed by atoms with Gasteiger partial charge in [0.1, 0.15) is 5.75 Å². The monoisotopic (exact) mass is 384 g/mol. The van der Waals surface area contributed by atoms with Crippen molar-refractivity contribution in [2.45, 2.75) is 70.6 Å². The quantitative estimate of drug-likeness (QED) is 0.449. The van der Waals surface area contributed by atoms with Crippen LogP contribution < -0.4 is 4.74 Å². The van der Waals surface area contributed by atoms with Crippen molar-refractivity contribution in [3.63, 3.8) is 0 Å². The standard InChI is InChI=1S/C20H36O5Si/c1-20(2,3)26(5,6)25-19(13-17(22)14-21)11-12-24-15-16-7-9-18(23-4)10-8-16/h7-10,17,19,21-22H,11-15H2,1-6H3/t17-,19-/m1/s1. The molecule has 5 nitrogen and oxygen atoms in total. The molecule has 1 aromatic rings. The van der Waals surface area contributed by atoms with Crippen LogP contribution in [0.2, 0.25) is 18.1 Å². The average molecular weight is 385 g/mol. The Hall–Kier alpha value is -0.923. The Morgan fingerprint density at radius 1 is 1.12 bits per heavy atom. The summed E-state index contributed by atoms with van der Waals surface area (Å²) in [4.78, 5) is 0. The SMILES string of the molecule is COc1ccc(COCC[C@H](C[C@@H](O)CO)O[Si](C)(C)C(C)(C)C)cc1. The zero-order chi connectivity index (χ0) is 19.8. The minimum atomic E-state index is -1.94. The van der Waals surface area contributed by atoms with Crippen LogP contribution in [-0.2, 0) is 15.8 Å². The maximum atomic E-state index is 9.84. The highest BCUT2D eigenvalue weighted by atomic mass is 28.4. The van der Waals surface area contributed by atoms with Gasteiger partial charge in [-0.2, -0.15) is 0 Å². The first-order valence-corrected chi connectivity index (χ1v) is 12.2. The van der Waals surface area contributed by atoms with E-state index in [4.69, 9.17) is 19.0 Å². The van der Waals surface area contributed by atoms with E-state index in [2.05, 4.69) is 33.9 Å². The number of methoxy groups -OCH3 is 1. The van der Waals surface area contributed by atoms with E-state index in [1.54, 1.807) is 7.11 Å². The van der Waals surface area contributed by atoms with Gasteiger partial charge in [-0.15, -0.1) is 0 Å². The lowest BCUT2D eigenvalue weighted by Gasteiger charge is -2.39. The average Bonchev–Trinajstić information content (AvgIpc) is 2.57. The van der Waals surface area contributed by atoms with Crippen LogP contribution in [0.1, 0.15) is 39.2 Å². The van der Waals surface area contributed by atoms with Crippen LogP contribution in [-0.4, -0.2) is 51.1 Å². The molecule has 0 fully saturated rings. The van der Waals surface area contributed by atoms with Gasteiger partial charge in [-0.25, -0.2) is 0 Å². The summed E-state index contributed by atoms with van der Waals surface area (Å²) >= 11 is 0. The minimum Gasteiger partial charge on any atom is -0.497 e. The van der Waals surface area contributed by atoms with E-state index in [0.29, 0.717) is 26.1 Å². The van der Waals surface area contributed by atoms with Gasteiger partial charge >= 0.3 is 0 Å². The molecular formula is C20H36O5Si. The Kier molecular flexibility index (Phi) is 9.27. The molecule has 6 heteroatoms. The predicted molar refractivity (Wildman–Crippen MR) is 107 cm³/mol. The smallest absolute Gasteiger partial charge is 0.192 e. The first-order valence-electron chi connectivity index (χ1n) is 9.26. The molecule has 0 radical (unpaired) electrons. The first-order chi connectivity index (χ1) is 12.1. The molecule has 0 aliphatic heterocycles. The fourth-order valence-corrected chi connectivity index (χ4v) is 3.72. The molecule has 150 valence electrons. The molecular weight excluding hydrogens is 348 g/mol. The van der Waals surface area contributed by atoms with Crippen LogP contribution in [0.4, 0.5) is 0 Å². The molecule has 1 aromatic carbocycles. The predicted octanol–water partition coefficient (Wildman–Crippen LogP) is 3.74. The van der Waals surface area contributed by atoms with Gasteiger partial charge in [0.15, 0.2) is 8.32 Å². The lowest BCUT2D eigenvalue weighted by molar-refractivity contribution is 0.0257. The van der Waals surface area contributed by atoms with E-state index >= 15 is 0 Å². The van der Waals surface area contributed by atoms with Crippen LogP contribution in [0.25, 0.3) is 0 Å². The van der Waals surface area contributed by atoms with Gasteiger partial charge in [0, 0.05) is 19.1 Å². The van der Waals surface area contributed by atoms with Crippen molar-refractivity contribution in [2.75, 3.05) is 20.3 Å². The number of benzene rings is 1. The summed E-state index contributed by atoms with van der Waals surface area (Å²) in [6.07, 6.45) is 0.245. The zero-order valence-corrected chi connectivity index (χ0v) is 18.1. The van der Waals surface area contributed by atoms with E-state index in [0.717, 1.165) is 11.3 Å². The van der Waals surface area contributed by atoms with Crippen LogP contribution in [0.3, 0.4) is 0 Å². The second-order valence-corrected chi connectivity index (χ2v) is 13.0. The Morgan fingerprint density at radius 3 is 2.23 bits per heavy atom. The molecule has 0 bridgehead atoms. The van der Waals surface area contributed by atoms with Gasteiger partial charge < -0.3 is 24.1 Å². The maximum absolute atomic E-state index is 9.84. The highest BCUT2D eigenvalue weighted by Crippen LogP contribution is 2.38. The van der Waals surface area contributed by atoms with Gasteiger partial charge in [-0.1, -0.05) is 32.9 Å². The van der Waals surface area contributed by atoms with E-state index in [1.165, 1.54) is 0 Å². The molecule has 0 aliphatic carbocycles. The fourth-order valence-electron chi connectivity index (χ4n) is 2.32. The molecule has 0 aliphatic rings. The molecule has 2 atom stereocenters. The lowest BCUT2D eigenvalue weighted by atomic mass is 10.1.